The van der Waals surface area contributed by atoms with Crippen LogP contribution in [0.15, 0.2) is 12.2 Å². The third kappa shape index (κ3) is 4.13. The van der Waals surface area contributed by atoms with Crippen molar-refractivity contribution in [1.82, 2.24) is 10.2 Å². The van der Waals surface area contributed by atoms with Gasteiger partial charge < -0.3 is 11.1 Å². The third-order valence-corrected chi connectivity index (χ3v) is 3.57. The number of carbonyl (C=O) groups is 1. The zero-order chi connectivity index (χ0) is 12.3. The van der Waals surface area contributed by atoms with Crippen molar-refractivity contribution in [3.8, 4) is 0 Å². The first-order valence-electron chi connectivity index (χ1n) is 6.57. The van der Waals surface area contributed by atoms with Crippen molar-refractivity contribution >= 4 is 5.91 Å². The number of nitrogens with zero attached hydrogens (tertiary/aromatic N) is 1. The van der Waals surface area contributed by atoms with Crippen LogP contribution >= 0.6 is 0 Å². The van der Waals surface area contributed by atoms with E-state index in [1.807, 2.05) is 0 Å². The van der Waals surface area contributed by atoms with Gasteiger partial charge >= 0.3 is 0 Å². The lowest BCUT2D eigenvalue weighted by Gasteiger charge is -2.31. The lowest BCUT2D eigenvalue weighted by atomic mass is 9.97. The van der Waals surface area contributed by atoms with Crippen molar-refractivity contribution in [3.63, 3.8) is 0 Å². The van der Waals surface area contributed by atoms with Gasteiger partial charge in [0.05, 0.1) is 5.92 Å². The van der Waals surface area contributed by atoms with Crippen molar-refractivity contribution < 1.29 is 4.79 Å². The van der Waals surface area contributed by atoms with Crippen LogP contribution in [0.4, 0.5) is 0 Å². The molecule has 4 heteroatoms. The van der Waals surface area contributed by atoms with Crippen LogP contribution in [-0.2, 0) is 4.79 Å². The molecular weight excluding hydrogens is 214 g/mol. The van der Waals surface area contributed by atoms with E-state index in [2.05, 4.69) is 16.8 Å². The summed E-state index contributed by atoms with van der Waals surface area (Å²) in [6, 6.07) is 0.728. The zero-order valence-corrected chi connectivity index (χ0v) is 10.5. The first-order valence-corrected chi connectivity index (χ1v) is 6.57. The Bertz CT molecular complexity index is 299. The van der Waals surface area contributed by atoms with Gasteiger partial charge in [-0.05, 0) is 37.8 Å². The van der Waals surface area contributed by atoms with E-state index in [0.717, 1.165) is 45.1 Å². The molecular formula is C13H23N3O. The predicted molar refractivity (Wildman–Crippen MR) is 68.5 cm³/mol. The molecule has 0 aromatic heterocycles. The maximum atomic E-state index is 11.2. The molecule has 1 saturated carbocycles. The first-order chi connectivity index (χ1) is 8.15. The molecule has 1 amide bonds. The van der Waals surface area contributed by atoms with Gasteiger partial charge in [0, 0.05) is 25.7 Å². The summed E-state index contributed by atoms with van der Waals surface area (Å²) in [5.74, 6) is -0.121. The number of rotatable bonds is 6. The SMILES string of the molecule is C=C(CNC1CC1)CN1CCCC(C(N)=O)C1. The average molecular weight is 237 g/mol. The van der Waals surface area contributed by atoms with Gasteiger partial charge in [-0.25, -0.2) is 0 Å². The Morgan fingerprint density at radius 3 is 2.82 bits per heavy atom. The maximum Gasteiger partial charge on any atom is 0.221 e. The van der Waals surface area contributed by atoms with Gasteiger partial charge in [0.2, 0.25) is 5.91 Å². The van der Waals surface area contributed by atoms with Gasteiger partial charge in [-0.1, -0.05) is 6.58 Å². The minimum atomic E-state index is -0.156. The molecule has 1 aliphatic heterocycles. The van der Waals surface area contributed by atoms with Gasteiger partial charge in [-0.3, -0.25) is 9.69 Å². The van der Waals surface area contributed by atoms with Crippen LogP contribution in [0.1, 0.15) is 25.7 Å². The van der Waals surface area contributed by atoms with Crippen LogP contribution in [0, 0.1) is 5.92 Å². The van der Waals surface area contributed by atoms with Crippen molar-refractivity contribution in [2.45, 2.75) is 31.7 Å². The molecule has 17 heavy (non-hydrogen) atoms. The molecule has 0 radical (unpaired) electrons. The Morgan fingerprint density at radius 2 is 2.18 bits per heavy atom. The highest BCUT2D eigenvalue weighted by Gasteiger charge is 2.24. The minimum Gasteiger partial charge on any atom is -0.369 e. The Labute approximate surface area is 103 Å². The normalized spacial score (nSPS) is 25.8. The second-order valence-corrected chi connectivity index (χ2v) is 5.38. The Kier molecular flexibility index (Phi) is 4.18. The van der Waals surface area contributed by atoms with Gasteiger partial charge in [0.15, 0.2) is 0 Å². The quantitative estimate of drug-likeness (QED) is 0.661. The number of primary amides is 1. The van der Waals surface area contributed by atoms with E-state index in [-0.39, 0.29) is 11.8 Å². The molecule has 0 spiro atoms. The van der Waals surface area contributed by atoms with Crippen LogP contribution in [0.25, 0.3) is 0 Å². The standard InChI is InChI=1S/C13H23N3O/c1-10(7-15-12-4-5-12)8-16-6-2-3-11(9-16)13(14)17/h11-12,15H,1-9H2,(H2,14,17). The molecule has 2 aliphatic rings. The van der Waals surface area contributed by atoms with E-state index in [4.69, 9.17) is 5.73 Å². The molecule has 1 heterocycles. The molecule has 96 valence electrons. The monoisotopic (exact) mass is 237 g/mol. The summed E-state index contributed by atoms with van der Waals surface area (Å²) in [7, 11) is 0. The first kappa shape index (κ1) is 12.6. The molecule has 0 bridgehead atoms. The highest BCUT2D eigenvalue weighted by Crippen LogP contribution is 2.19. The molecule has 1 aliphatic carbocycles. The highest BCUT2D eigenvalue weighted by molar-refractivity contribution is 5.76. The second kappa shape index (κ2) is 5.65. The molecule has 3 N–H and O–H groups in total. The predicted octanol–water partition coefficient (Wildman–Crippen LogP) is 0.492. The molecule has 0 aromatic rings. The molecule has 2 fully saturated rings. The number of piperidine rings is 1. The number of hydrogen-bond acceptors (Lipinski definition) is 3. The largest absolute Gasteiger partial charge is 0.369 e. The summed E-state index contributed by atoms with van der Waals surface area (Å²) in [4.78, 5) is 13.5. The molecule has 0 aromatic carbocycles. The third-order valence-electron chi connectivity index (χ3n) is 3.57. The van der Waals surface area contributed by atoms with E-state index < -0.39 is 0 Å². The fourth-order valence-electron chi connectivity index (χ4n) is 2.38. The van der Waals surface area contributed by atoms with Crippen molar-refractivity contribution in [2.75, 3.05) is 26.2 Å². The van der Waals surface area contributed by atoms with Crippen LogP contribution in [0.5, 0.6) is 0 Å². The number of carbonyl (C=O) groups excluding carboxylic acids is 1. The van der Waals surface area contributed by atoms with Crippen molar-refractivity contribution in [2.24, 2.45) is 11.7 Å². The summed E-state index contributed by atoms with van der Waals surface area (Å²) >= 11 is 0. The Hall–Kier alpha value is -0.870. The summed E-state index contributed by atoms with van der Waals surface area (Å²) in [5.41, 5.74) is 6.58. The number of nitrogens with two attached hydrogens (primary N) is 1. The fraction of sp³-hybridized carbons (Fsp3) is 0.769. The zero-order valence-electron chi connectivity index (χ0n) is 10.5. The van der Waals surface area contributed by atoms with Crippen LogP contribution < -0.4 is 11.1 Å². The van der Waals surface area contributed by atoms with E-state index in [1.165, 1.54) is 18.4 Å². The second-order valence-electron chi connectivity index (χ2n) is 5.38. The molecule has 4 nitrogen and oxygen atoms in total. The van der Waals surface area contributed by atoms with Crippen LogP contribution in [0.3, 0.4) is 0 Å². The lowest BCUT2D eigenvalue weighted by molar-refractivity contribution is -0.123. The summed E-state index contributed by atoms with van der Waals surface area (Å²) in [6.45, 7) is 7.76. The van der Waals surface area contributed by atoms with Crippen LogP contribution in [-0.4, -0.2) is 43.0 Å². The Morgan fingerprint density at radius 1 is 1.41 bits per heavy atom. The summed E-state index contributed by atoms with van der Waals surface area (Å²) in [6.07, 6.45) is 4.62. The van der Waals surface area contributed by atoms with Gasteiger partial charge in [-0.15, -0.1) is 0 Å². The lowest BCUT2D eigenvalue weighted by Crippen LogP contribution is -2.42. The van der Waals surface area contributed by atoms with E-state index in [9.17, 15) is 4.79 Å². The highest BCUT2D eigenvalue weighted by atomic mass is 16.1. The fourth-order valence-corrected chi connectivity index (χ4v) is 2.38. The van der Waals surface area contributed by atoms with E-state index >= 15 is 0 Å². The molecule has 2 rings (SSSR count). The van der Waals surface area contributed by atoms with Crippen LogP contribution in [0.2, 0.25) is 0 Å². The molecule has 1 unspecified atom stereocenters. The molecule has 1 atom stereocenters. The van der Waals surface area contributed by atoms with Gasteiger partial charge in [-0.2, -0.15) is 0 Å². The number of hydrogen-bond donors (Lipinski definition) is 2. The average Bonchev–Trinajstić information content (AvgIpc) is 3.10. The smallest absolute Gasteiger partial charge is 0.221 e. The summed E-state index contributed by atoms with van der Waals surface area (Å²) in [5, 5.41) is 3.46. The van der Waals surface area contributed by atoms with Gasteiger partial charge in [0.25, 0.3) is 0 Å². The Balaban J connectivity index is 1.69. The van der Waals surface area contributed by atoms with E-state index in [1.54, 1.807) is 0 Å². The van der Waals surface area contributed by atoms with E-state index in [0.29, 0.717) is 0 Å². The topological polar surface area (TPSA) is 58.4 Å². The minimum absolute atomic E-state index is 0.0351. The summed E-state index contributed by atoms with van der Waals surface area (Å²) < 4.78 is 0. The number of likely N-dealkylation sites (tertiary alicyclic amines) is 1. The van der Waals surface area contributed by atoms with Gasteiger partial charge in [0.1, 0.15) is 0 Å². The van der Waals surface area contributed by atoms with Crippen molar-refractivity contribution in [1.29, 1.82) is 0 Å². The van der Waals surface area contributed by atoms with Crippen molar-refractivity contribution in [3.05, 3.63) is 12.2 Å². The maximum absolute atomic E-state index is 11.2. The number of amides is 1. The number of nitrogens with one attached hydrogen (secondary N) is 1. The molecule has 1 saturated heterocycles.